The van der Waals surface area contributed by atoms with Gasteiger partial charge in [0.15, 0.2) is 0 Å². The first-order valence-corrected chi connectivity index (χ1v) is 7.88. The van der Waals surface area contributed by atoms with E-state index >= 15 is 0 Å². The van der Waals surface area contributed by atoms with Crippen LogP contribution in [0.15, 0.2) is 48.5 Å². The number of hydrogen-bond donors (Lipinski definition) is 1. The zero-order valence-corrected chi connectivity index (χ0v) is 12.4. The van der Waals surface area contributed by atoms with Crippen molar-refractivity contribution in [3.63, 3.8) is 0 Å². The summed E-state index contributed by atoms with van der Waals surface area (Å²) >= 11 is 0. The van der Waals surface area contributed by atoms with Crippen LogP contribution in [-0.2, 0) is 11.2 Å². The Morgan fingerprint density at radius 3 is 2.73 bits per heavy atom. The van der Waals surface area contributed by atoms with E-state index in [1.165, 1.54) is 32.7 Å². The molecular formula is C20H18O2. The lowest BCUT2D eigenvalue weighted by Gasteiger charge is -2.25. The summed E-state index contributed by atoms with van der Waals surface area (Å²) in [6.07, 6.45) is 3.37. The zero-order valence-electron chi connectivity index (χ0n) is 12.4. The molecule has 0 aliphatic heterocycles. The average Bonchev–Trinajstić information content (AvgIpc) is 2.53. The average molecular weight is 290 g/mol. The molecule has 0 bridgehead atoms. The fraction of sp³-hybridized carbons (Fsp3) is 0.250. The molecule has 0 radical (unpaired) electrons. The normalized spacial score (nSPS) is 17.5. The first kappa shape index (κ1) is 13.3. The lowest BCUT2D eigenvalue weighted by Crippen LogP contribution is -2.13. The van der Waals surface area contributed by atoms with E-state index in [1.807, 2.05) is 0 Å². The van der Waals surface area contributed by atoms with Crippen LogP contribution in [0.2, 0.25) is 0 Å². The number of carboxylic acids is 1. The fourth-order valence-corrected chi connectivity index (χ4v) is 3.83. The Balaban J connectivity index is 1.94. The third kappa shape index (κ3) is 2.16. The van der Waals surface area contributed by atoms with Crippen molar-refractivity contribution in [3.8, 4) is 0 Å². The predicted molar refractivity (Wildman–Crippen MR) is 89.4 cm³/mol. The molecule has 0 heterocycles. The molecular weight excluding hydrogens is 272 g/mol. The highest BCUT2D eigenvalue weighted by Crippen LogP contribution is 2.38. The van der Waals surface area contributed by atoms with Crippen molar-refractivity contribution in [2.75, 3.05) is 0 Å². The van der Waals surface area contributed by atoms with E-state index in [1.54, 1.807) is 0 Å². The van der Waals surface area contributed by atoms with E-state index in [9.17, 15) is 4.79 Å². The number of aliphatic carboxylic acids is 1. The van der Waals surface area contributed by atoms with Crippen molar-refractivity contribution in [2.24, 2.45) is 0 Å². The Morgan fingerprint density at radius 2 is 1.86 bits per heavy atom. The van der Waals surface area contributed by atoms with Crippen LogP contribution in [0.3, 0.4) is 0 Å². The van der Waals surface area contributed by atoms with E-state index < -0.39 is 5.97 Å². The van der Waals surface area contributed by atoms with Gasteiger partial charge in [-0.3, -0.25) is 4.79 Å². The Kier molecular flexibility index (Phi) is 3.11. The molecule has 22 heavy (non-hydrogen) atoms. The van der Waals surface area contributed by atoms with Crippen molar-refractivity contribution < 1.29 is 9.90 Å². The molecule has 1 aliphatic carbocycles. The Hall–Kier alpha value is -2.35. The molecule has 1 aliphatic rings. The van der Waals surface area contributed by atoms with Gasteiger partial charge in [-0.15, -0.1) is 0 Å². The quantitative estimate of drug-likeness (QED) is 0.682. The molecule has 110 valence electrons. The molecule has 1 N–H and O–H groups in total. The van der Waals surface area contributed by atoms with E-state index in [4.69, 9.17) is 5.11 Å². The molecule has 1 atom stereocenters. The number of rotatable bonds is 2. The van der Waals surface area contributed by atoms with Gasteiger partial charge in [-0.05, 0) is 57.9 Å². The van der Waals surface area contributed by atoms with Gasteiger partial charge < -0.3 is 5.11 Å². The van der Waals surface area contributed by atoms with Crippen molar-refractivity contribution in [1.82, 2.24) is 0 Å². The van der Waals surface area contributed by atoms with E-state index in [0.717, 1.165) is 19.3 Å². The van der Waals surface area contributed by atoms with Crippen LogP contribution in [0.4, 0.5) is 0 Å². The molecule has 0 saturated heterocycles. The first-order valence-electron chi connectivity index (χ1n) is 7.88. The minimum absolute atomic E-state index is 0.164. The molecule has 4 rings (SSSR count). The second kappa shape index (κ2) is 5.13. The highest BCUT2D eigenvalue weighted by Gasteiger charge is 2.23. The van der Waals surface area contributed by atoms with Crippen LogP contribution < -0.4 is 0 Å². The molecule has 0 fully saturated rings. The fourth-order valence-electron chi connectivity index (χ4n) is 3.83. The predicted octanol–water partition coefficient (Wildman–Crippen LogP) is 4.89. The molecule has 0 amide bonds. The summed E-state index contributed by atoms with van der Waals surface area (Å²) in [5, 5.41) is 14.2. The lowest BCUT2D eigenvalue weighted by molar-refractivity contribution is -0.137. The number of carboxylic acid groups (broad SMARTS) is 1. The lowest BCUT2D eigenvalue weighted by atomic mass is 9.79. The summed E-state index contributed by atoms with van der Waals surface area (Å²) in [5.74, 6) is -0.534. The maximum Gasteiger partial charge on any atom is 0.303 e. The maximum atomic E-state index is 11.1. The molecule has 3 aromatic rings. The third-order valence-corrected chi connectivity index (χ3v) is 4.86. The standard InChI is InChI=1S/C20H18O2/c21-20(22)12-15-6-3-5-14-11-19-16(10-18(14)15)9-8-13-4-1-2-7-17(13)19/h1-2,4,7-11,15H,3,5-6,12H2,(H,21,22). The smallest absolute Gasteiger partial charge is 0.303 e. The Morgan fingerprint density at radius 1 is 1.05 bits per heavy atom. The van der Waals surface area contributed by atoms with Gasteiger partial charge in [-0.2, -0.15) is 0 Å². The van der Waals surface area contributed by atoms with Crippen molar-refractivity contribution in [1.29, 1.82) is 0 Å². The van der Waals surface area contributed by atoms with Gasteiger partial charge in [-0.25, -0.2) is 0 Å². The molecule has 0 saturated carbocycles. The van der Waals surface area contributed by atoms with Crippen molar-refractivity contribution in [3.05, 3.63) is 59.7 Å². The van der Waals surface area contributed by atoms with Crippen LogP contribution in [-0.4, -0.2) is 11.1 Å². The van der Waals surface area contributed by atoms with Crippen LogP contribution >= 0.6 is 0 Å². The van der Waals surface area contributed by atoms with Gasteiger partial charge in [0.25, 0.3) is 0 Å². The Labute approximate surface area is 129 Å². The van der Waals surface area contributed by atoms with E-state index in [0.29, 0.717) is 0 Å². The van der Waals surface area contributed by atoms with Crippen molar-refractivity contribution in [2.45, 2.75) is 31.6 Å². The largest absolute Gasteiger partial charge is 0.481 e. The number of fused-ring (bicyclic) bond motifs is 4. The maximum absolute atomic E-state index is 11.1. The van der Waals surface area contributed by atoms with Gasteiger partial charge in [0.1, 0.15) is 0 Å². The van der Waals surface area contributed by atoms with Crippen LogP contribution in [0.1, 0.15) is 36.3 Å². The summed E-state index contributed by atoms with van der Waals surface area (Å²) in [6.45, 7) is 0. The molecule has 0 spiro atoms. The minimum atomic E-state index is -0.698. The van der Waals surface area contributed by atoms with Gasteiger partial charge in [0.2, 0.25) is 0 Å². The van der Waals surface area contributed by atoms with Crippen LogP contribution in [0, 0.1) is 0 Å². The van der Waals surface area contributed by atoms with Crippen LogP contribution in [0.25, 0.3) is 21.5 Å². The van der Waals surface area contributed by atoms with Crippen LogP contribution in [0.5, 0.6) is 0 Å². The Bertz CT molecular complexity index is 879. The van der Waals surface area contributed by atoms with E-state index in [2.05, 4.69) is 48.5 Å². The topological polar surface area (TPSA) is 37.3 Å². The third-order valence-electron chi connectivity index (χ3n) is 4.86. The van der Waals surface area contributed by atoms with Gasteiger partial charge in [-0.1, -0.05) is 48.5 Å². The van der Waals surface area contributed by atoms with Gasteiger partial charge in [0, 0.05) is 0 Å². The number of hydrogen-bond acceptors (Lipinski definition) is 1. The number of carbonyl (C=O) groups is 1. The molecule has 0 aromatic heterocycles. The van der Waals surface area contributed by atoms with Gasteiger partial charge >= 0.3 is 5.97 Å². The summed E-state index contributed by atoms with van der Waals surface area (Å²) in [7, 11) is 0. The van der Waals surface area contributed by atoms with E-state index in [-0.39, 0.29) is 12.3 Å². The summed E-state index contributed by atoms with van der Waals surface area (Å²) < 4.78 is 0. The highest BCUT2D eigenvalue weighted by atomic mass is 16.4. The molecule has 1 unspecified atom stereocenters. The molecule has 3 aromatic carbocycles. The monoisotopic (exact) mass is 290 g/mol. The number of aryl methyl sites for hydroxylation is 1. The van der Waals surface area contributed by atoms with Crippen molar-refractivity contribution >= 4 is 27.5 Å². The highest BCUT2D eigenvalue weighted by molar-refractivity contribution is 6.07. The zero-order chi connectivity index (χ0) is 15.1. The summed E-state index contributed by atoms with van der Waals surface area (Å²) in [5.41, 5.74) is 2.58. The minimum Gasteiger partial charge on any atom is -0.481 e. The second-order valence-corrected chi connectivity index (χ2v) is 6.25. The molecule has 2 heteroatoms. The van der Waals surface area contributed by atoms with Gasteiger partial charge in [0.05, 0.1) is 6.42 Å². The SMILES string of the molecule is O=C(O)CC1CCCc2cc3c(ccc4ccccc43)cc21. The molecule has 2 nitrogen and oxygen atoms in total. The number of benzene rings is 3. The first-order chi connectivity index (χ1) is 10.7. The summed E-state index contributed by atoms with van der Waals surface area (Å²) in [4.78, 5) is 11.1. The second-order valence-electron chi connectivity index (χ2n) is 6.25. The summed E-state index contributed by atoms with van der Waals surface area (Å²) in [6, 6.07) is 17.3.